The van der Waals surface area contributed by atoms with E-state index in [1.807, 2.05) is 37.2 Å². The van der Waals surface area contributed by atoms with Crippen LogP contribution in [0.25, 0.3) is 0 Å². The Morgan fingerprint density at radius 3 is 2.95 bits per heavy atom. The zero-order valence-electron chi connectivity index (χ0n) is 12.1. The number of thiazole rings is 1. The number of amides is 1. The summed E-state index contributed by atoms with van der Waals surface area (Å²) in [7, 11) is 1.90. The molecule has 0 saturated carbocycles. The van der Waals surface area contributed by atoms with Crippen LogP contribution < -0.4 is 5.32 Å². The van der Waals surface area contributed by atoms with Crippen LogP contribution >= 0.6 is 11.3 Å². The lowest BCUT2D eigenvalue weighted by atomic mass is 10.1. The van der Waals surface area contributed by atoms with Crippen LogP contribution in [0.15, 0.2) is 17.8 Å². The second-order valence-corrected chi connectivity index (χ2v) is 5.86. The number of aryl methyl sites for hydroxylation is 2. The third-order valence-electron chi connectivity index (χ3n) is 3.40. The molecule has 0 unspecified atom stereocenters. The second kappa shape index (κ2) is 6.65. The summed E-state index contributed by atoms with van der Waals surface area (Å²) in [6.45, 7) is 4.00. The minimum atomic E-state index is -0.00365. The molecule has 0 aliphatic carbocycles. The van der Waals surface area contributed by atoms with Gasteiger partial charge in [-0.05, 0) is 26.7 Å². The molecule has 20 heavy (non-hydrogen) atoms. The van der Waals surface area contributed by atoms with Crippen molar-refractivity contribution in [1.29, 1.82) is 0 Å². The van der Waals surface area contributed by atoms with Gasteiger partial charge in [0.25, 0.3) is 0 Å². The Balaban J connectivity index is 1.78. The number of carbonyl (C=O) groups is 1. The van der Waals surface area contributed by atoms with E-state index in [0.717, 1.165) is 29.1 Å². The molecule has 0 spiro atoms. The van der Waals surface area contributed by atoms with Gasteiger partial charge in [-0.25, -0.2) is 4.98 Å². The zero-order chi connectivity index (χ0) is 14.5. The van der Waals surface area contributed by atoms with Crippen LogP contribution in [-0.4, -0.2) is 20.7 Å². The van der Waals surface area contributed by atoms with E-state index in [2.05, 4.69) is 15.4 Å². The van der Waals surface area contributed by atoms with Gasteiger partial charge in [0, 0.05) is 36.3 Å². The van der Waals surface area contributed by atoms with Crippen molar-refractivity contribution in [2.24, 2.45) is 7.05 Å². The maximum Gasteiger partial charge on any atom is 0.220 e. The Morgan fingerprint density at radius 2 is 2.35 bits per heavy atom. The van der Waals surface area contributed by atoms with E-state index in [1.165, 1.54) is 0 Å². The van der Waals surface area contributed by atoms with Gasteiger partial charge in [0.05, 0.1) is 17.2 Å². The summed E-state index contributed by atoms with van der Waals surface area (Å²) in [5.41, 5.74) is 2.15. The maximum absolute atomic E-state index is 11.9. The number of rotatable bonds is 6. The van der Waals surface area contributed by atoms with Crippen LogP contribution in [-0.2, 0) is 18.3 Å². The monoisotopic (exact) mass is 292 g/mol. The molecule has 6 heteroatoms. The highest BCUT2D eigenvalue weighted by molar-refractivity contribution is 7.09. The van der Waals surface area contributed by atoms with E-state index in [0.29, 0.717) is 6.42 Å². The summed E-state index contributed by atoms with van der Waals surface area (Å²) in [4.78, 5) is 16.1. The van der Waals surface area contributed by atoms with Gasteiger partial charge in [0.1, 0.15) is 0 Å². The quantitative estimate of drug-likeness (QED) is 0.889. The number of aromatic nitrogens is 3. The van der Waals surface area contributed by atoms with Crippen LogP contribution in [0, 0.1) is 6.92 Å². The first-order valence-corrected chi connectivity index (χ1v) is 7.62. The van der Waals surface area contributed by atoms with Crippen LogP contribution in [0.3, 0.4) is 0 Å². The molecule has 0 radical (unpaired) electrons. The van der Waals surface area contributed by atoms with Gasteiger partial charge in [-0.3, -0.25) is 9.48 Å². The molecule has 0 bridgehead atoms. The normalized spacial score (nSPS) is 12.3. The Bertz CT molecular complexity index is 562. The summed E-state index contributed by atoms with van der Waals surface area (Å²) in [6, 6.07) is -0.00365. The average molecular weight is 292 g/mol. The first kappa shape index (κ1) is 14.7. The number of nitrogens with zero attached hydrogens (tertiary/aromatic N) is 3. The number of carbonyl (C=O) groups excluding carboxylic acids is 1. The highest BCUT2D eigenvalue weighted by atomic mass is 32.1. The summed E-state index contributed by atoms with van der Waals surface area (Å²) < 4.78 is 1.82. The third-order valence-corrected chi connectivity index (χ3v) is 4.23. The molecule has 108 valence electrons. The third kappa shape index (κ3) is 3.66. The van der Waals surface area contributed by atoms with Gasteiger partial charge < -0.3 is 5.32 Å². The number of hydrogen-bond acceptors (Lipinski definition) is 4. The van der Waals surface area contributed by atoms with Crippen molar-refractivity contribution < 1.29 is 4.79 Å². The molecule has 2 aromatic heterocycles. The first-order valence-electron chi connectivity index (χ1n) is 6.74. The smallest absolute Gasteiger partial charge is 0.220 e. The summed E-state index contributed by atoms with van der Waals surface area (Å²) in [6.07, 6.45) is 5.84. The van der Waals surface area contributed by atoms with Gasteiger partial charge in [-0.2, -0.15) is 5.10 Å². The predicted octanol–water partition coefficient (Wildman–Crippen LogP) is 2.39. The van der Waals surface area contributed by atoms with E-state index in [4.69, 9.17) is 0 Å². The molecule has 1 N–H and O–H groups in total. The van der Waals surface area contributed by atoms with Crippen molar-refractivity contribution in [3.05, 3.63) is 34.0 Å². The fourth-order valence-electron chi connectivity index (χ4n) is 2.11. The fraction of sp³-hybridized carbons (Fsp3) is 0.500. The summed E-state index contributed by atoms with van der Waals surface area (Å²) >= 11 is 1.64. The molecule has 0 aliphatic heterocycles. The van der Waals surface area contributed by atoms with E-state index in [1.54, 1.807) is 17.5 Å². The number of hydrogen-bond donors (Lipinski definition) is 1. The standard InChI is InChI=1S/C14H20N4OS/c1-10(12-9-16-18(3)11(12)2)17-13(19)5-4-6-14-15-7-8-20-14/h7-10H,4-6H2,1-3H3,(H,17,19)/t10-/m0/s1. The molecular formula is C14H20N4OS. The van der Waals surface area contributed by atoms with E-state index in [-0.39, 0.29) is 11.9 Å². The Morgan fingerprint density at radius 1 is 1.55 bits per heavy atom. The van der Waals surface area contributed by atoms with Gasteiger partial charge >= 0.3 is 0 Å². The Labute approximate surface area is 123 Å². The molecule has 0 aromatic carbocycles. The fourth-order valence-corrected chi connectivity index (χ4v) is 2.77. The molecule has 2 heterocycles. The van der Waals surface area contributed by atoms with Crippen LogP contribution in [0.1, 0.15) is 42.1 Å². The molecule has 2 rings (SSSR count). The topological polar surface area (TPSA) is 59.8 Å². The lowest BCUT2D eigenvalue weighted by molar-refractivity contribution is -0.121. The zero-order valence-corrected chi connectivity index (χ0v) is 12.9. The summed E-state index contributed by atoms with van der Waals surface area (Å²) in [5, 5.41) is 10.3. The van der Waals surface area contributed by atoms with Crippen LogP contribution in [0.2, 0.25) is 0 Å². The molecule has 0 saturated heterocycles. The molecule has 0 fully saturated rings. The second-order valence-electron chi connectivity index (χ2n) is 4.88. The van der Waals surface area contributed by atoms with Crippen molar-refractivity contribution in [2.45, 2.75) is 39.2 Å². The van der Waals surface area contributed by atoms with Crippen LogP contribution in [0.5, 0.6) is 0 Å². The molecule has 1 amide bonds. The first-order chi connectivity index (χ1) is 9.58. The van der Waals surface area contributed by atoms with E-state index >= 15 is 0 Å². The van der Waals surface area contributed by atoms with Gasteiger partial charge in [-0.1, -0.05) is 0 Å². The molecule has 1 atom stereocenters. The largest absolute Gasteiger partial charge is 0.349 e. The SMILES string of the molecule is Cc1c([C@H](C)NC(=O)CCCc2nccs2)cnn1C. The molecule has 2 aromatic rings. The van der Waals surface area contributed by atoms with Crippen molar-refractivity contribution in [1.82, 2.24) is 20.1 Å². The minimum Gasteiger partial charge on any atom is -0.349 e. The highest BCUT2D eigenvalue weighted by Gasteiger charge is 2.14. The highest BCUT2D eigenvalue weighted by Crippen LogP contribution is 2.16. The maximum atomic E-state index is 11.9. The van der Waals surface area contributed by atoms with Crippen molar-refractivity contribution in [2.75, 3.05) is 0 Å². The minimum absolute atomic E-state index is 0.00365. The van der Waals surface area contributed by atoms with Crippen LogP contribution in [0.4, 0.5) is 0 Å². The molecule has 0 aliphatic rings. The Hall–Kier alpha value is -1.69. The van der Waals surface area contributed by atoms with Gasteiger partial charge in [-0.15, -0.1) is 11.3 Å². The van der Waals surface area contributed by atoms with Gasteiger partial charge in [0.15, 0.2) is 0 Å². The van der Waals surface area contributed by atoms with E-state index < -0.39 is 0 Å². The molecule has 5 nitrogen and oxygen atoms in total. The molecular weight excluding hydrogens is 272 g/mol. The van der Waals surface area contributed by atoms with Gasteiger partial charge in [0.2, 0.25) is 5.91 Å². The summed E-state index contributed by atoms with van der Waals surface area (Å²) in [5.74, 6) is 0.0808. The predicted molar refractivity (Wildman–Crippen MR) is 79.6 cm³/mol. The van der Waals surface area contributed by atoms with E-state index in [9.17, 15) is 4.79 Å². The Kier molecular flexibility index (Phi) is 4.89. The average Bonchev–Trinajstić information content (AvgIpc) is 3.01. The lowest BCUT2D eigenvalue weighted by Gasteiger charge is -2.13. The van der Waals surface area contributed by atoms with Crippen molar-refractivity contribution in [3.63, 3.8) is 0 Å². The van der Waals surface area contributed by atoms with Crippen molar-refractivity contribution >= 4 is 17.2 Å². The number of nitrogens with one attached hydrogen (secondary N) is 1. The lowest BCUT2D eigenvalue weighted by Crippen LogP contribution is -2.26. The van der Waals surface area contributed by atoms with Crippen molar-refractivity contribution in [3.8, 4) is 0 Å².